The highest BCUT2D eigenvalue weighted by Crippen LogP contribution is 2.32. The highest BCUT2D eigenvalue weighted by Gasteiger charge is 2.24. The molecule has 92 valence electrons. The van der Waals surface area contributed by atoms with Crippen LogP contribution in [0.2, 0.25) is 0 Å². The topological polar surface area (TPSA) is 75.0 Å². The highest BCUT2D eigenvalue weighted by atomic mass is 16.2. The summed E-state index contributed by atoms with van der Waals surface area (Å²) in [5.74, 6) is 0.130. The molecule has 0 bridgehead atoms. The number of carbonyl (C=O) groups is 1. The zero-order valence-electron chi connectivity index (χ0n) is 10.1. The number of H-pyrrole nitrogens is 1. The number of hydrogen-bond donors (Lipinski definition) is 2. The van der Waals surface area contributed by atoms with Crippen molar-refractivity contribution in [2.45, 2.75) is 13.0 Å². The molecule has 0 fully saturated rings. The molecule has 0 aliphatic carbocycles. The van der Waals surface area contributed by atoms with Crippen LogP contribution >= 0.6 is 0 Å². The number of amides is 1. The fraction of sp³-hybridized carbons (Fsp3) is 0.231. The first-order valence-corrected chi connectivity index (χ1v) is 5.83. The Hall–Kier alpha value is -2.14. The number of rotatable bonds is 2. The second kappa shape index (κ2) is 3.96. The lowest BCUT2D eigenvalue weighted by molar-refractivity contribution is -0.117. The minimum Gasteiger partial charge on any atom is -0.326 e. The zero-order valence-corrected chi connectivity index (χ0v) is 10.1. The van der Waals surface area contributed by atoms with Gasteiger partial charge in [0.05, 0.1) is 18.3 Å². The van der Waals surface area contributed by atoms with E-state index in [0.717, 1.165) is 28.1 Å². The van der Waals surface area contributed by atoms with Crippen molar-refractivity contribution >= 4 is 11.6 Å². The van der Waals surface area contributed by atoms with Crippen molar-refractivity contribution in [1.29, 1.82) is 0 Å². The van der Waals surface area contributed by atoms with Crippen LogP contribution in [0.4, 0.5) is 5.69 Å². The van der Waals surface area contributed by atoms with Gasteiger partial charge in [0.25, 0.3) is 0 Å². The molecular weight excluding hydrogens is 228 g/mol. The molecule has 0 atom stereocenters. The molecule has 3 rings (SSSR count). The first-order valence-electron chi connectivity index (χ1n) is 5.83. The van der Waals surface area contributed by atoms with Crippen LogP contribution in [0.3, 0.4) is 0 Å². The fourth-order valence-electron chi connectivity index (χ4n) is 2.34. The number of fused-ring (bicyclic) bond motifs is 1. The van der Waals surface area contributed by atoms with Crippen LogP contribution in [-0.4, -0.2) is 23.2 Å². The molecule has 0 spiro atoms. The van der Waals surface area contributed by atoms with E-state index in [-0.39, 0.29) is 5.91 Å². The van der Waals surface area contributed by atoms with E-state index < -0.39 is 0 Å². The first-order chi connectivity index (χ1) is 8.70. The van der Waals surface area contributed by atoms with Gasteiger partial charge in [-0.15, -0.1) is 0 Å². The Labute approximate surface area is 105 Å². The minimum atomic E-state index is 0.130. The summed E-state index contributed by atoms with van der Waals surface area (Å²) in [7, 11) is 1.80. The van der Waals surface area contributed by atoms with Gasteiger partial charge in [-0.1, -0.05) is 6.07 Å². The van der Waals surface area contributed by atoms with E-state index in [1.807, 2.05) is 18.2 Å². The maximum atomic E-state index is 11.6. The van der Waals surface area contributed by atoms with Crippen LogP contribution in [-0.2, 0) is 17.8 Å². The van der Waals surface area contributed by atoms with Crippen LogP contribution in [0.25, 0.3) is 11.3 Å². The van der Waals surface area contributed by atoms with Crippen molar-refractivity contribution in [3.63, 3.8) is 0 Å². The monoisotopic (exact) mass is 242 g/mol. The lowest BCUT2D eigenvalue weighted by Gasteiger charge is -2.10. The molecule has 1 aromatic heterocycles. The summed E-state index contributed by atoms with van der Waals surface area (Å²) in [5, 5.41) is 6.97. The molecule has 1 amide bonds. The summed E-state index contributed by atoms with van der Waals surface area (Å²) in [4.78, 5) is 13.3. The average molecular weight is 242 g/mol. The molecule has 0 unspecified atom stereocenters. The normalized spacial score (nSPS) is 14.1. The van der Waals surface area contributed by atoms with Crippen molar-refractivity contribution in [3.05, 3.63) is 35.5 Å². The lowest BCUT2D eigenvalue weighted by atomic mass is 10.0. The van der Waals surface area contributed by atoms with Gasteiger partial charge in [0.15, 0.2) is 0 Å². The van der Waals surface area contributed by atoms with Crippen molar-refractivity contribution in [1.82, 2.24) is 10.2 Å². The number of anilines is 1. The molecule has 3 N–H and O–H groups in total. The minimum absolute atomic E-state index is 0.130. The predicted octanol–water partition coefficient (Wildman–Crippen LogP) is 1.05. The van der Waals surface area contributed by atoms with E-state index in [0.29, 0.717) is 13.0 Å². The molecule has 1 aliphatic heterocycles. The Balaban J connectivity index is 2.07. The number of nitrogens with one attached hydrogen (secondary N) is 1. The molecule has 0 saturated carbocycles. The van der Waals surface area contributed by atoms with Gasteiger partial charge in [-0.25, -0.2) is 0 Å². The number of likely N-dealkylation sites (N-methyl/N-ethyl adjacent to an activating group) is 1. The third-order valence-corrected chi connectivity index (χ3v) is 3.38. The Morgan fingerprint density at radius 2 is 2.33 bits per heavy atom. The van der Waals surface area contributed by atoms with Crippen LogP contribution in [0, 0.1) is 0 Å². The zero-order chi connectivity index (χ0) is 12.7. The van der Waals surface area contributed by atoms with Crippen LogP contribution in [0.1, 0.15) is 11.1 Å². The number of aromatic amines is 1. The van der Waals surface area contributed by atoms with E-state index in [1.54, 1.807) is 18.1 Å². The number of nitrogens with two attached hydrogens (primary N) is 1. The molecule has 5 heteroatoms. The molecule has 5 nitrogen and oxygen atoms in total. The van der Waals surface area contributed by atoms with E-state index in [9.17, 15) is 4.79 Å². The quantitative estimate of drug-likeness (QED) is 0.826. The van der Waals surface area contributed by atoms with Crippen molar-refractivity contribution in [2.24, 2.45) is 5.73 Å². The standard InChI is InChI=1S/C13H14N4O/c1-17-11-3-2-8(4-9(11)5-12(17)18)13-10(6-14)7-15-16-13/h2-4,7H,5-6,14H2,1H3,(H,15,16). The van der Waals surface area contributed by atoms with Gasteiger partial charge in [-0.3, -0.25) is 9.89 Å². The van der Waals surface area contributed by atoms with E-state index in [1.165, 1.54) is 0 Å². The SMILES string of the molecule is CN1C(=O)Cc2cc(-c3[nH]ncc3CN)ccc21. The largest absolute Gasteiger partial charge is 0.326 e. The summed E-state index contributed by atoms with van der Waals surface area (Å²) < 4.78 is 0. The summed E-state index contributed by atoms with van der Waals surface area (Å²) in [6, 6.07) is 5.99. The van der Waals surface area contributed by atoms with Gasteiger partial charge in [-0.05, 0) is 17.7 Å². The number of hydrogen-bond acceptors (Lipinski definition) is 3. The Morgan fingerprint density at radius 1 is 1.50 bits per heavy atom. The van der Waals surface area contributed by atoms with Crippen molar-refractivity contribution < 1.29 is 4.79 Å². The number of aromatic nitrogens is 2. The molecule has 0 saturated heterocycles. The Bertz CT molecular complexity index is 617. The van der Waals surface area contributed by atoms with Gasteiger partial charge in [0, 0.05) is 30.4 Å². The maximum Gasteiger partial charge on any atom is 0.231 e. The second-order valence-electron chi connectivity index (χ2n) is 4.45. The van der Waals surface area contributed by atoms with Gasteiger partial charge in [-0.2, -0.15) is 5.10 Å². The number of nitrogens with zero attached hydrogens (tertiary/aromatic N) is 2. The van der Waals surface area contributed by atoms with Crippen LogP contribution in [0.5, 0.6) is 0 Å². The van der Waals surface area contributed by atoms with Gasteiger partial charge in [0.1, 0.15) is 0 Å². The molecule has 1 aliphatic rings. The van der Waals surface area contributed by atoms with Crippen molar-refractivity contribution in [2.75, 3.05) is 11.9 Å². The summed E-state index contributed by atoms with van der Waals surface area (Å²) >= 11 is 0. The number of benzene rings is 1. The summed E-state index contributed by atoms with van der Waals surface area (Å²) in [5.41, 5.74) is 10.6. The highest BCUT2D eigenvalue weighted by molar-refractivity contribution is 6.01. The van der Waals surface area contributed by atoms with Crippen LogP contribution < -0.4 is 10.6 Å². The van der Waals surface area contributed by atoms with Gasteiger partial charge in [0.2, 0.25) is 5.91 Å². The third kappa shape index (κ3) is 1.52. The van der Waals surface area contributed by atoms with Crippen LogP contribution in [0.15, 0.2) is 24.4 Å². The van der Waals surface area contributed by atoms with E-state index in [2.05, 4.69) is 10.2 Å². The summed E-state index contributed by atoms with van der Waals surface area (Å²) in [6.45, 7) is 0.446. The molecule has 2 aromatic rings. The third-order valence-electron chi connectivity index (χ3n) is 3.38. The summed E-state index contributed by atoms with van der Waals surface area (Å²) in [6.07, 6.45) is 2.20. The number of carbonyl (C=O) groups excluding carboxylic acids is 1. The van der Waals surface area contributed by atoms with Crippen molar-refractivity contribution in [3.8, 4) is 11.3 Å². The van der Waals surface area contributed by atoms with E-state index in [4.69, 9.17) is 5.73 Å². The molecule has 18 heavy (non-hydrogen) atoms. The van der Waals surface area contributed by atoms with Gasteiger partial charge >= 0.3 is 0 Å². The second-order valence-corrected chi connectivity index (χ2v) is 4.45. The van der Waals surface area contributed by atoms with Gasteiger partial charge < -0.3 is 10.6 Å². The predicted molar refractivity (Wildman–Crippen MR) is 69.0 cm³/mol. The maximum absolute atomic E-state index is 11.6. The fourth-order valence-corrected chi connectivity index (χ4v) is 2.34. The molecule has 0 radical (unpaired) electrons. The smallest absolute Gasteiger partial charge is 0.231 e. The molecule has 2 heterocycles. The lowest BCUT2D eigenvalue weighted by Crippen LogP contribution is -2.20. The van der Waals surface area contributed by atoms with E-state index >= 15 is 0 Å². The molecule has 1 aromatic carbocycles. The molecular formula is C13H14N4O. The first kappa shape index (κ1) is 11.0. The Kier molecular flexibility index (Phi) is 2.41. The Morgan fingerprint density at radius 3 is 3.11 bits per heavy atom. The average Bonchev–Trinajstić information content (AvgIpc) is 2.95.